The van der Waals surface area contributed by atoms with Crippen molar-refractivity contribution in [1.82, 2.24) is 24.7 Å². The van der Waals surface area contributed by atoms with Crippen molar-refractivity contribution in [2.45, 2.75) is 6.54 Å². The number of pyridine rings is 3. The third kappa shape index (κ3) is 3.77. The smallest absolute Gasteiger partial charge is 0.256 e. The number of nitrogens with one attached hydrogen (secondary N) is 1. The van der Waals surface area contributed by atoms with Gasteiger partial charge in [-0.2, -0.15) is 5.10 Å². The first-order valence-electron chi connectivity index (χ1n) is 9.94. The maximum Gasteiger partial charge on any atom is 0.256 e. The van der Waals surface area contributed by atoms with Gasteiger partial charge in [0.15, 0.2) is 5.65 Å². The van der Waals surface area contributed by atoms with Gasteiger partial charge in [0.05, 0.1) is 35.1 Å². The van der Waals surface area contributed by atoms with Crippen LogP contribution in [0.15, 0.2) is 85.6 Å². The maximum absolute atomic E-state index is 13.2. The summed E-state index contributed by atoms with van der Waals surface area (Å²) in [5.41, 5.74) is 3.63. The number of hydrogen-bond donors (Lipinski definition) is 2. The molecule has 1 aromatic carbocycles. The number of benzene rings is 1. The fraction of sp³-hybridized carbons (Fsp3) is 0.0417. The fourth-order valence-electron chi connectivity index (χ4n) is 3.45. The Morgan fingerprint density at radius 1 is 0.969 bits per heavy atom. The van der Waals surface area contributed by atoms with Gasteiger partial charge in [-0.1, -0.05) is 18.2 Å². The lowest BCUT2D eigenvalue weighted by atomic mass is 10.1. The van der Waals surface area contributed by atoms with E-state index in [2.05, 4.69) is 20.4 Å². The Labute approximate surface area is 183 Å². The summed E-state index contributed by atoms with van der Waals surface area (Å²) in [6.45, 7) is 0.460. The van der Waals surface area contributed by atoms with Gasteiger partial charge in [-0.25, -0.2) is 9.67 Å². The largest absolute Gasteiger partial charge is 0.506 e. The second kappa shape index (κ2) is 8.27. The number of fused-ring (bicyclic) bond motifs is 1. The number of hydrogen-bond acceptors (Lipinski definition) is 6. The molecule has 32 heavy (non-hydrogen) atoms. The van der Waals surface area contributed by atoms with E-state index in [-0.39, 0.29) is 11.7 Å². The van der Waals surface area contributed by atoms with Crippen LogP contribution in [0.1, 0.15) is 15.9 Å². The SMILES string of the molecule is O=C(Nc1ccccc1O)c1cc(-c2cccnc2)nc2c1cnn2Cc1cccnc1. The predicted octanol–water partition coefficient (Wildman–Crippen LogP) is 3.89. The van der Waals surface area contributed by atoms with Crippen LogP contribution in [0.4, 0.5) is 5.69 Å². The second-order valence-electron chi connectivity index (χ2n) is 7.17. The van der Waals surface area contributed by atoms with Gasteiger partial charge >= 0.3 is 0 Å². The van der Waals surface area contributed by atoms with Crippen molar-refractivity contribution >= 4 is 22.6 Å². The molecule has 5 rings (SSSR count). The van der Waals surface area contributed by atoms with Gasteiger partial charge in [-0.05, 0) is 42.0 Å². The number of amides is 1. The molecule has 0 saturated heterocycles. The molecule has 0 spiro atoms. The number of carbonyl (C=O) groups excluding carboxylic acids is 1. The van der Waals surface area contributed by atoms with Crippen LogP contribution in [0.3, 0.4) is 0 Å². The molecule has 1 amide bonds. The average Bonchev–Trinajstić information content (AvgIpc) is 3.23. The molecule has 0 bridgehead atoms. The minimum Gasteiger partial charge on any atom is -0.506 e. The lowest BCUT2D eigenvalue weighted by Gasteiger charge is -2.10. The Hall–Kier alpha value is -4.59. The average molecular weight is 422 g/mol. The minimum atomic E-state index is -0.370. The Morgan fingerprint density at radius 3 is 2.53 bits per heavy atom. The topological polar surface area (TPSA) is 106 Å². The van der Waals surface area contributed by atoms with Gasteiger partial charge < -0.3 is 10.4 Å². The van der Waals surface area contributed by atoms with Gasteiger partial charge in [0.1, 0.15) is 5.75 Å². The number of rotatable bonds is 5. The van der Waals surface area contributed by atoms with Crippen molar-refractivity contribution in [3.05, 3.63) is 96.7 Å². The van der Waals surface area contributed by atoms with Crippen molar-refractivity contribution in [2.24, 2.45) is 0 Å². The molecule has 0 saturated carbocycles. The van der Waals surface area contributed by atoms with E-state index in [4.69, 9.17) is 4.98 Å². The zero-order valence-electron chi connectivity index (χ0n) is 16.9. The van der Waals surface area contributed by atoms with E-state index in [1.807, 2.05) is 24.3 Å². The molecule has 8 heteroatoms. The first-order valence-corrected chi connectivity index (χ1v) is 9.94. The predicted molar refractivity (Wildman–Crippen MR) is 120 cm³/mol. The normalized spacial score (nSPS) is 10.9. The van der Waals surface area contributed by atoms with Crippen LogP contribution in [-0.2, 0) is 6.54 Å². The first-order chi connectivity index (χ1) is 15.7. The Kier molecular flexibility index (Phi) is 5.01. The summed E-state index contributed by atoms with van der Waals surface area (Å²) in [6.07, 6.45) is 8.49. The van der Waals surface area contributed by atoms with Crippen LogP contribution in [0.2, 0.25) is 0 Å². The minimum absolute atomic E-state index is 0.00842. The summed E-state index contributed by atoms with van der Waals surface area (Å²) in [7, 11) is 0. The fourth-order valence-corrected chi connectivity index (χ4v) is 3.45. The van der Waals surface area contributed by atoms with E-state index in [0.717, 1.165) is 11.1 Å². The van der Waals surface area contributed by atoms with Crippen LogP contribution in [0.5, 0.6) is 5.75 Å². The van der Waals surface area contributed by atoms with E-state index < -0.39 is 0 Å². The molecule has 4 aromatic heterocycles. The first kappa shape index (κ1) is 19.4. The summed E-state index contributed by atoms with van der Waals surface area (Å²) >= 11 is 0. The molecule has 0 unspecified atom stereocenters. The number of phenols is 1. The highest BCUT2D eigenvalue weighted by Crippen LogP contribution is 2.27. The van der Waals surface area contributed by atoms with Crippen molar-refractivity contribution in [2.75, 3.05) is 5.32 Å². The summed E-state index contributed by atoms with van der Waals surface area (Å²) in [5, 5.41) is 17.9. The van der Waals surface area contributed by atoms with Crippen molar-refractivity contribution in [3.63, 3.8) is 0 Å². The summed E-state index contributed by atoms with van der Waals surface area (Å²) < 4.78 is 1.74. The Balaban J connectivity index is 1.62. The highest BCUT2D eigenvalue weighted by Gasteiger charge is 2.19. The van der Waals surface area contributed by atoms with Gasteiger partial charge in [-0.3, -0.25) is 14.8 Å². The number of carbonyl (C=O) groups is 1. The summed E-state index contributed by atoms with van der Waals surface area (Å²) in [4.78, 5) is 26.3. The van der Waals surface area contributed by atoms with Gasteiger partial charge in [0.25, 0.3) is 5.91 Å². The molecule has 4 heterocycles. The van der Waals surface area contributed by atoms with E-state index in [1.54, 1.807) is 59.9 Å². The Morgan fingerprint density at radius 2 is 1.78 bits per heavy atom. The van der Waals surface area contributed by atoms with Crippen molar-refractivity contribution < 1.29 is 9.90 Å². The molecule has 2 N–H and O–H groups in total. The number of phenolic OH excluding ortho intramolecular Hbond substituents is 1. The highest BCUT2D eigenvalue weighted by atomic mass is 16.3. The van der Waals surface area contributed by atoms with E-state index in [9.17, 15) is 9.90 Å². The quantitative estimate of drug-likeness (QED) is 0.416. The van der Waals surface area contributed by atoms with Gasteiger partial charge in [-0.15, -0.1) is 0 Å². The molecular formula is C24H18N6O2. The second-order valence-corrected chi connectivity index (χ2v) is 7.17. The summed E-state index contributed by atoms with van der Waals surface area (Å²) in [5.74, 6) is -0.379. The highest BCUT2D eigenvalue weighted by molar-refractivity contribution is 6.13. The zero-order valence-corrected chi connectivity index (χ0v) is 16.9. The molecule has 156 valence electrons. The lowest BCUT2D eigenvalue weighted by molar-refractivity contribution is 0.102. The number of para-hydroxylation sites is 2. The molecule has 0 fully saturated rings. The zero-order chi connectivity index (χ0) is 21.9. The van der Waals surface area contributed by atoms with E-state index in [1.165, 1.54) is 6.07 Å². The molecule has 0 aliphatic rings. The third-order valence-corrected chi connectivity index (χ3v) is 5.02. The lowest BCUT2D eigenvalue weighted by Crippen LogP contribution is -2.13. The third-order valence-electron chi connectivity index (χ3n) is 5.02. The number of nitrogens with zero attached hydrogens (tertiary/aromatic N) is 5. The molecule has 0 aliphatic carbocycles. The number of aromatic hydroxyl groups is 1. The van der Waals surface area contributed by atoms with Crippen LogP contribution in [0, 0.1) is 0 Å². The number of anilines is 1. The van der Waals surface area contributed by atoms with Crippen LogP contribution in [-0.4, -0.2) is 35.7 Å². The maximum atomic E-state index is 13.2. The standard InChI is InChI=1S/C24H18N6O2/c31-22-8-2-1-7-20(22)29-24(32)18-11-21(17-6-4-10-26-13-17)28-23-19(18)14-27-30(23)15-16-5-3-9-25-12-16/h1-14,31H,15H2,(H,29,32). The van der Waals surface area contributed by atoms with Crippen LogP contribution < -0.4 is 5.32 Å². The van der Waals surface area contributed by atoms with Crippen molar-refractivity contribution in [3.8, 4) is 17.0 Å². The molecule has 0 atom stereocenters. The van der Waals surface area contributed by atoms with Crippen LogP contribution >= 0.6 is 0 Å². The Bertz CT molecular complexity index is 1400. The van der Waals surface area contributed by atoms with Crippen LogP contribution in [0.25, 0.3) is 22.3 Å². The van der Waals surface area contributed by atoms with E-state index >= 15 is 0 Å². The molecule has 0 aliphatic heterocycles. The molecule has 5 aromatic rings. The monoisotopic (exact) mass is 422 g/mol. The molecule has 8 nitrogen and oxygen atoms in total. The molecule has 0 radical (unpaired) electrons. The van der Waals surface area contributed by atoms with E-state index in [0.29, 0.717) is 34.5 Å². The molecular weight excluding hydrogens is 404 g/mol. The summed E-state index contributed by atoms with van der Waals surface area (Å²) in [6, 6.07) is 15.8. The van der Waals surface area contributed by atoms with Gasteiger partial charge in [0, 0.05) is 30.4 Å². The van der Waals surface area contributed by atoms with Crippen molar-refractivity contribution in [1.29, 1.82) is 0 Å². The number of aromatic nitrogens is 5. The van der Waals surface area contributed by atoms with Gasteiger partial charge in [0.2, 0.25) is 0 Å².